The van der Waals surface area contributed by atoms with Crippen molar-refractivity contribution in [2.24, 2.45) is 5.41 Å². The summed E-state index contributed by atoms with van der Waals surface area (Å²) in [6.45, 7) is 12.1. The van der Waals surface area contributed by atoms with Gasteiger partial charge in [0, 0.05) is 13.0 Å². The Hall–Kier alpha value is -1.71. The van der Waals surface area contributed by atoms with Crippen LogP contribution in [0.4, 0.5) is 0 Å². The summed E-state index contributed by atoms with van der Waals surface area (Å²) in [5.74, 6) is 0.212. The molecule has 0 aromatic rings. The van der Waals surface area contributed by atoms with Gasteiger partial charge in [-0.2, -0.15) is 0 Å². The van der Waals surface area contributed by atoms with Gasteiger partial charge < -0.3 is 5.11 Å². The van der Waals surface area contributed by atoms with Gasteiger partial charge in [0.1, 0.15) is 12.0 Å². The number of allylic oxidation sites excluding steroid dienone is 9. The van der Waals surface area contributed by atoms with Crippen molar-refractivity contribution < 1.29 is 9.90 Å². The van der Waals surface area contributed by atoms with E-state index in [4.69, 9.17) is 0 Å². The number of nitrogens with zero attached hydrogens (tertiary/aromatic N) is 1. The highest BCUT2D eigenvalue weighted by molar-refractivity contribution is 5.81. The van der Waals surface area contributed by atoms with Crippen LogP contribution in [-0.2, 0) is 4.79 Å². The molecule has 3 nitrogen and oxygen atoms in total. The number of hydrogen-bond donors (Lipinski definition) is 1. The minimum atomic E-state index is -0.692. The summed E-state index contributed by atoms with van der Waals surface area (Å²) in [5, 5.41) is 10.3. The molecule has 2 rings (SSSR count). The van der Waals surface area contributed by atoms with E-state index in [0.29, 0.717) is 13.0 Å². The molecule has 154 valence electrons. The monoisotopic (exact) mass is 383 g/mol. The van der Waals surface area contributed by atoms with Gasteiger partial charge in [-0.25, -0.2) is 0 Å². The highest BCUT2D eigenvalue weighted by atomic mass is 16.3. The van der Waals surface area contributed by atoms with E-state index in [9.17, 15) is 9.90 Å². The zero-order chi connectivity index (χ0) is 20.7. The molecule has 1 aliphatic carbocycles. The van der Waals surface area contributed by atoms with Crippen molar-refractivity contribution in [2.75, 3.05) is 13.1 Å². The molecule has 0 amide bonds. The van der Waals surface area contributed by atoms with Crippen molar-refractivity contribution in [3.8, 4) is 0 Å². The normalized spacial score (nSPS) is 23.9. The molecule has 0 aromatic carbocycles. The molecule has 1 N–H and O–H groups in total. The Balaban J connectivity index is 1.95. The van der Waals surface area contributed by atoms with Gasteiger partial charge in [0.25, 0.3) is 0 Å². The highest BCUT2D eigenvalue weighted by Crippen LogP contribution is 2.40. The molecule has 3 heteroatoms. The van der Waals surface area contributed by atoms with E-state index in [1.807, 2.05) is 30.1 Å². The van der Waals surface area contributed by atoms with Crippen LogP contribution in [0.1, 0.15) is 66.7 Å². The summed E-state index contributed by atoms with van der Waals surface area (Å²) in [6, 6.07) is 0. The quantitative estimate of drug-likeness (QED) is 0.616. The van der Waals surface area contributed by atoms with Crippen LogP contribution in [0.3, 0.4) is 0 Å². The molecule has 2 aliphatic rings. The maximum atomic E-state index is 11.5. The average molecular weight is 384 g/mol. The maximum absolute atomic E-state index is 11.5. The number of aliphatic hydroxyl groups is 1. The Morgan fingerprint density at radius 3 is 2.57 bits per heavy atom. The zero-order valence-electron chi connectivity index (χ0n) is 18.3. The largest absolute Gasteiger partial charge is 0.375 e. The predicted octanol–water partition coefficient (Wildman–Crippen LogP) is 5.50. The molecule has 1 heterocycles. The Bertz CT molecular complexity index is 719. The van der Waals surface area contributed by atoms with Crippen LogP contribution >= 0.6 is 0 Å². The van der Waals surface area contributed by atoms with Crippen LogP contribution in [0, 0.1) is 5.41 Å². The molecule has 28 heavy (non-hydrogen) atoms. The Labute approximate surface area is 171 Å². The van der Waals surface area contributed by atoms with Gasteiger partial charge in [0.05, 0.1) is 6.54 Å². The van der Waals surface area contributed by atoms with Crippen LogP contribution in [0.2, 0.25) is 0 Å². The fourth-order valence-corrected chi connectivity index (χ4v) is 4.12. The standard InChI is InChI=1S/C25H37NO2/c1-19(13-14-23-21(3)11-7-15-25(23,4)5)9-6-10-20(2)17-24(28)26-16-8-12-22(27)18-26/h6,9-10,13-14,17,24,28H,7-8,11-12,15-16,18H2,1-5H3/b10-6+,14-13+,19-9-,20-17+. The second kappa shape index (κ2) is 10.2. The van der Waals surface area contributed by atoms with Crippen molar-refractivity contribution in [1.29, 1.82) is 0 Å². The third-order valence-corrected chi connectivity index (χ3v) is 5.84. The lowest BCUT2D eigenvalue weighted by Crippen LogP contribution is -2.42. The van der Waals surface area contributed by atoms with E-state index in [1.165, 1.54) is 36.0 Å². The Kier molecular flexibility index (Phi) is 8.21. The molecule has 0 aromatic heterocycles. The third-order valence-electron chi connectivity index (χ3n) is 5.84. The Morgan fingerprint density at radius 1 is 1.14 bits per heavy atom. The summed E-state index contributed by atoms with van der Waals surface area (Å²) >= 11 is 0. The molecule has 0 saturated carbocycles. The lowest BCUT2D eigenvalue weighted by atomic mass is 9.72. The van der Waals surface area contributed by atoms with Crippen LogP contribution in [0.15, 0.2) is 58.7 Å². The van der Waals surface area contributed by atoms with Gasteiger partial charge in [-0.05, 0) is 63.5 Å². The van der Waals surface area contributed by atoms with Gasteiger partial charge in [-0.3, -0.25) is 9.69 Å². The number of aliphatic hydroxyl groups excluding tert-OH is 1. The van der Waals surface area contributed by atoms with E-state index >= 15 is 0 Å². The van der Waals surface area contributed by atoms with Crippen LogP contribution < -0.4 is 0 Å². The second-order valence-corrected chi connectivity index (χ2v) is 8.97. The first kappa shape index (κ1) is 22.6. The number of ketones is 1. The summed E-state index contributed by atoms with van der Waals surface area (Å²) in [7, 11) is 0. The predicted molar refractivity (Wildman–Crippen MR) is 118 cm³/mol. The number of piperidine rings is 1. The lowest BCUT2D eigenvalue weighted by Gasteiger charge is -2.32. The number of likely N-dealkylation sites (tertiary alicyclic amines) is 1. The van der Waals surface area contributed by atoms with E-state index in [2.05, 4.69) is 45.9 Å². The van der Waals surface area contributed by atoms with Gasteiger partial charge in [0.2, 0.25) is 0 Å². The van der Waals surface area contributed by atoms with Crippen molar-refractivity contribution in [3.63, 3.8) is 0 Å². The molecule has 0 bridgehead atoms. The van der Waals surface area contributed by atoms with Crippen molar-refractivity contribution in [2.45, 2.75) is 73.0 Å². The molecule has 0 spiro atoms. The van der Waals surface area contributed by atoms with Crippen molar-refractivity contribution in [1.82, 2.24) is 4.90 Å². The van der Waals surface area contributed by atoms with Gasteiger partial charge >= 0.3 is 0 Å². The fraction of sp³-hybridized carbons (Fsp3) is 0.560. The summed E-state index contributed by atoms with van der Waals surface area (Å²) in [4.78, 5) is 13.4. The topological polar surface area (TPSA) is 40.5 Å². The van der Waals surface area contributed by atoms with Crippen LogP contribution in [0.25, 0.3) is 0 Å². The molecule has 1 unspecified atom stereocenters. The summed E-state index contributed by atoms with van der Waals surface area (Å²) in [6.07, 6.45) is 16.9. The third kappa shape index (κ3) is 6.72. The first-order chi connectivity index (χ1) is 13.2. The first-order valence-corrected chi connectivity index (χ1v) is 10.5. The Morgan fingerprint density at radius 2 is 1.89 bits per heavy atom. The number of Topliss-reactive ketones (excluding diaryl/α,β-unsaturated/α-hetero) is 1. The molecular formula is C25H37NO2. The lowest BCUT2D eigenvalue weighted by molar-refractivity contribution is -0.125. The number of rotatable bonds is 6. The molecule has 1 saturated heterocycles. The molecule has 1 fully saturated rings. The average Bonchev–Trinajstić information content (AvgIpc) is 2.60. The van der Waals surface area contributed by atoms with Gasteiger partial charge in [-0.15, -0.1) is 0 Å². The van der Waals surface area contributed by atoms with E-state index in [1.54, 1.807) is 0 Å². The van der Waals surface area contributed by atoms with Gasteiger partial charge in [-0.1, -0.05) is 60.9 Å². The minimum absolute atomic E-state index is 0.212. The minimum Gasteiger partial charge on any atom is -0.375 e. The molecule has 1 atom stereocenters. The fourth-order valence-electron chi connectivity index (χ4n) is 4.12. The summed E-state index contributed by atoms with van der Waals surface area (Å²) < 4.78 is 0. The van der Waals surface area contributed by atoms with Crippen LogP contribution in [0.5, 0.6) is 0 Å². The van der Waals surface area contributed by atoms with E-state index < -0.39 is 6.23 Å². The summed E-state index contributed by atoms with van der Waals surface area (Å²) in [5.41, 5.74) is 5.45. The SMILES string of the molecule is CC1=C(/C=C/C(C)=C\C=C\C(C)=C\C(O)N2CCCC(=O)C2)C(C)(C)CCC1. The first-order valence-electron chi connectivity index (χ1n) is 10.5. The second-order valence-electron chi connectivity index (χ2n) is 8.97. The van der Waals surface area contributed by atoms with E-state index in [0.717, 1.165) is 18.5 Å². The number of carbonyl (C=O) groups excluding carboxylic acids is 1. The van der Waals surface area contributed by atoms with Crippen molar-refractivity contribution >= 4 is 5.78 Å². The van der Waals surface area contributed by atoms with Crippen molar-refractivity contribution in [3.05, 3.63) is 58.7 Å². The van der Waals surface area contributed by atoms with Gasteiger partial charge in [0.15, 0.2) is 0 Å². The smallest absolute Gasteiger partial charge is 0.146 e. The number of carbonyl (C=O) groups is 1. The molecule has 1 aliphatic heterocycles. The molecular weight excluding hydrogens is 346 g/mol. The number of hydrogen-bond acceptors (Lipinski definition) is 3. The maximum Gasteiger partial charge on any atom is 0.146 e. The van der Waals surface area contributed by atoms with E-state index in [-0.39, 0.29) is 11.2 Å². The molecule has 0 radical (unpaired) electrons. The zero-order valence-corrected chi connectivity index (χ0v) is 18.3. The highest BCUT2D eigenvalue weighted by Gasteiger charge is 2.26. The van der Waals surface area contributed by atoms with Crippen LogP contribution in [-0.4, -0.2) is 35.1 Å².